The van der Waals surface area contributed by atoms with E-state index in [9.17, 15) is 9.59 Å². The molecule has 0 aliphatic rings. The van der Waals surface area contributed by atoms with Crippen molar-refractivity contribution in [2.45, 2.75) is 39.5 Å². The quantitative estimate of drug-likeness (QED) is 0.280. The molecule has 86 valence electrons. The minimum atomic E-state index is -0.148. The number of allylic oxidation sites excluding steroid dienone is 1. The highest BCUT2D eigenvalue weighted by molar-refractivity contribution is 6.19. The SMILES string of the molecule is CCCCCC(=O)C(=CN(C)C)C(C)=O. The highest BCUT2D eigenvalue weighted by atomic mass is 16.1. The third-order valence-electron chi connectivity index (χ3n) is 2.07. The van der Waals surface area contributed by atoms with Crippen LogP contribution in [0.25, 0.3) is 0 Å². The monoisotopic (exact) mass is 211 g/mol. The van der Waals surface area contributed by atoms with Crippen molar-refractivity contribution in [2.75, 3.05) is 14.1 Å². The zero-order valence-electron chi connectivity index (χ0n) is 10.2. The van der Waals surface area contributed by atoms with Crippen LogP contribution < -0.4 is 0 Å². The number of hydrogen-bond acceptors (Lipinski definition) is 3. The molecule has 0 unspecified atom stereocenters. The Kier molecular flexibility index (Phi) is 6.67. The van der Waals surface area contributed by atoms with Crippen LogP contribution in [-0.4, -0.2) is 30.6 Å². The van der Waals surface area contributed by atoms with Gasteiger partial charge in [0.2, 0.25) is 0 Å². The Morgan fingerprint density at radius 1 is 1.20 bits per heavy atom. The Labute approximate surface area is 92.1 Å². The van der Waals surface area contributed by atoms with Gasteiger partial charge in [0.25, 0.3) is 0 Å². The average molecular weight is 211 g/mol. The van der Waals surface area contributed by atoms with Crippen LogP contribution in [0.1, 0.15) is 39.5 Å². The van der Waals surface area contributed by atoms with Gasteiger partial charge in [0, 0.05) is 26.7 Å². The van der Waals surface area contributed by atoms with Crippen LogP contribution in [0, 0.1) is 0 Å². The molecule has 0 N–H and O–H groups in total. The van der Waals surface area contributed by atoms with Gasteiger partial charge in [-0.3, -0.25) is 9.59 Å². The Morgan fingerprint density at radius 3 is 2.20 bits per heavy atom. The second-order valence-electron chi connectivity index (χ2n) is 3.94. The number of unbranched alkanes of at least 4 members (excludes halogenated alkanes) is 2. The molecule has 0 saturated carbocycles. The first-order chi connectivity index (χ1) is 6.99. The van der Waals surface area contributed by atoms with E-state index in [0.29, 0.717) is 12.0 Å². The van der Waals surface area contributed by atoms with Crippen molar-refractivity contribution in [2.24, 2.45) is 0 Å². The molecule has 15 heavy (non-hydrogen) atoms. The summed E-state index contributed by atoms with van der Waals surface area (Å²) >= 11 is 0. The van der Waals surface area contributed by atoms with Crippen LogP contribution in [0.5, 0.6) is 0 Å². The average Bonchev–Trinajstić information content (AvgIpc) is 2.13. The number of carbonyl (C=O) groups excluding carboxylic acids is 2. The summed E-state index contributed by atoms with van der Waals surface area (Å²) in [6, 6.07) is 0. The van der Waals surface area contributed by atoms with Gasteiger partial charge in [0.15, 0.2) is 11.6 Å². The minimum absolute atomic E-state index is 0.0374. The molecule has 0 spiro atoms. The zero-order valence-corrected chi connectivity index (χ0v) is 10.2. The zero-order chi connectivity index (χ0) is 11.8. The molecule has 3 nitrogen and oxygen atoms in total. The van der Waals surface area contributed by atoms with Crippen LogP contribution in [0.15, 0.2) is 11.8 Å². The molecule has 0 rings (SSSR count). The van der Waals surface area contributed by atoms with Crippen LogP contribution >= 0.6 is 0 Å². The highest BCUT2D eigenvalue weighted by Crippen LogP contribution is 2.08. The maximum Gasteiger partial charge on any atom is 0.167 e. The molecule has 0 aromatic heterocycles. The fourth-order valence-corrected chi connectivity index (χ4v) is 1.29. The predicted molar refractivity (Wildman–Crippen MR) is 61.6 cm³/mol. The molecule has 3 heteroatoms. The maximum atomic E-state index is 11.7. The highest BCUT2D eigenvalue weighted by Gasteiger charge is 2.13. The molecule has 0 radical (unpaired) electrons. The van der Waals surface area contributed by atoms with Crippen molar-refractivity contribution >= 4 is 11.6 Å². The van der Waals surface area contributed by atoms with Crippen molar-refractivity contribution in [1.82, 2.24) is 4.90 Å². The van der Waals surface area contributed by atoms with E-state index < -0.39 is 0 Å². The molecule has 0 bridgehead atoms. The lowest BCUT2D eigenvalue weighted by Crippen LogP contribution is -2.14. The molecule has 0 atom stereocenters. The largest absolute Gasteiger partial charge is 0.383 e. The van der Waals surface area contributed by atoms with Gasteiger partial charge in [0.05, 0.1) is 5.57 Å². The number of ketones is 2. The Hall–Kier alpha value is -1.12. The van der Waals surface area contributed by atoms with E-state index >= 15 is 0 Å². The van der Waals surface area contributed by atoms with Crippen molar-refractivity contribution in [3.05, 3.63) is 11.8 Å². The Balaban J connectivity index is 4.38. The molecular weight excluding hydrogens is 190 g/mol. The van der Waals surface area contributed by atoms with Crippen molar-refractivity contribution in [3.63, 3.8) is 0 Å². The molecule has 0 saturated heterocycles. The molecule has 0 aromatic rings. The van der Waals surface area contributed by atoms with E-state index in [-0.39, 0.29) is 11.6 Å². The first-order valence-electron chi connectivity index (χ1n) is 5.41. The molecule has 0 aliphatic carbocycles. The van der Waals surface area contributed by atoms with Crippen LogP contribution in [0.4, 0.5) is 0 Å². The molecule has 0 amide bonds. The summed E-state index contributed by atoms with van der Waals surface area (Å²) in [4.78, 5) is 24.6. The number of Topliss-reactive ketones (excluding diaryl/α,β-unsaturated/α-hetero) is 2. The summed E-state index contributed by atoms with van der Waals surface area (Å²) in [5, 5.41) is 0. The topological polar surface area (TPSA) is 37.4 Å². The fourth-order valence-electron chi connectivity index (χ4n) is 1.29. The minimum Gasteiger partial charge on any atom is -0.383 e. The van der Waals surface area contributed by atoms with Gasteiger partial charge in [-0.15, -0.1) is 0 Å². The van der Waals surface area contributed by atoms with Gasteiger partial charge in [-0.25, -0.2) is 0 Å². The summed E-state index contributed by atoms with van der Waals surface area (Å²) in [6.45, 7) is 3.53. The summed E-state index contributed by atoms with van der Waals surface area (Å²) < 4.78 is 0. The van der Waals surface area contributed by atoms with Crippen molar-refractivity contribution in [1.29, 1.82) is 0 Å². The smallest absolute Gasteiger partial charge is 0.167 e. The van der Waals surface area contributed by atoms with Gasteiger partial charge in [0.1, 0.15) is 0 Å². The van der Waals surface area contributed by atoms with E-state index in [2.05, 4.69) is 6.92 Å². The normalized spacial score (nSPS) is 11.3. The molecule has 0 fully saturated rings. The van der Waals surface area contributed by atoms with Gasteiger partial charge >= 0.3 is 0 Å². The Morgan fingerprint density at radius 2 is 1.80 bits per heavy atom. The molecule has 0 heterocycles. The number of carbonyl (C=O) groups is 2. The van der Waals surface area contributed by atoms with Crippen LogP contribution in [-0.2, 0) is 9.59 Å². The summed E-state index contributed by atoms with van der Waals surface area (Å²) in [7, 11) is 3.62. The fraction of sp³-hybridized carbons (Fsp3) is 0.667. The second kappa shape index (κ2) is 7.21. The number of hydrogen-bond donors (Lipinski definition) is 0. The van der Waals surface area contributed by atoms with E-state index in [1.165, 1.54) is 6.92 Å². The third kappa shape index (κ3) is 6.05. The standard InChI is InChI=1S/C12H21NO2/c1-5-6-7-8-12(15)11(10(2)14)9-13(3)4/h9H,5-8H2,1-4H3. The summed E-state index contributed by atoms with van der Waals surface area (Å²) in [5.74, 6) is -0.185. The van der Waals surface area contributed by atoms with E-state index in [1.54, 1.807) is 11.1 Å². The summed E-state index contributed by atoms with van der Waals surface area (Å²) in [6.07, 6.45) is 5.08. The van der Waals surface area contributed by atoms with E-state index in [1.807, 2.05) is 14.1 Å². The van der Waals surface area contributed by atoms with Crippen LogP contribution in [0.3, 0.4) is 0 Å². The summed E-state index contributed by atoms with van der Waals surface area (Å²) in [5.41, 5.74) is 0.316. The maximum absolute atomic E-state index is 11.7. The third-order valence-corrected chi connectivity index (χ3v) is 2.07. The van der Waals surface area contributed by atoms with Crippen molar-refractivity contribution < 1.29 is 9.59 Å². The number of nitrogens with zero attached hydrogens (tertiary/aromatic N) is 1. The molecular formula is C12H21NO2. The first kappa shape index (κ1) is 13.9. The lowest BCUT2D eigenvalue weighted by Gasteiger charge is -2.08. The predicted octanol–water partition coefficient (Wildman–Crippen LogP) is 2.17. The molecule has 0 aromatic carbocycles. The lowest BCUT2D eigenvalue weighted by atomic mass is 10.0. The molecule has 0 aliphatic heterocycles. The van der Waals surface area contributed by atoms with Gasteiger partial charge < -0.3 is 4.90 Å². The van der Waals surface area contributed by atoms with Crippen molar-refractivity contribution in [3.8, 4) is 0 Å². The van der Waals surface area contributed by atoms with E-state index in [4.69, 9.17) is 0 Å². The van der Waals surface area contributed by atoms with Gasteiger partial charge in [-0.05, 0) is 13.3 Å². The second-order valence-corrected chi connectivity index (χ2v) is 3.94. The first-order valence-corrected chi connectivity index (χ1v) is 5.41. The number of rotatable bonds is 7. The van der Waals surface area contributed by atoms with E-state index in [0.717, 1.165) is 19.3 Å². The van der Waals surface area contributed by atoms with Gasteiger partial charge in [-0.1, -0.05) is 19.8 Å². The Bertz CT molecular complexity index is 254. The van der Waals surface area contributed by atoms with Crippen LogP contribution in [0.2, 0.25) is 0 Å². The lowest BCUT2D eigenvalue weighted by molar-refractivity contribution is -0.120. The van der Waals surface area contributed by atoms with Gasteiger partial charge in [-0.2, -0.15) is 0 Å².